The van der Waals surface area contributed by atoms with Gasteiger partial charge in [-0.1, -0.05) is 13.8 Å². The standard InChI is InChI=1S/C5H9N4/c1-3-4(2)5-6-8-9-7-5/h4H,1,3H2,2H3,(H,6,7,8,9). The minimum absolute atomic E-state index is 0.333. The molecule has 1 N–H and O–H groups in total. The molecule has 0 amide bonds. The lowest BCUT2D eigenvalue weighted by Crippen LogP contribution is -1.93. The number of hydrogen-bond acceptors (Lipinski definition) is 3. The predicted molar refractivity (Wildman–Crippen MR) is 32.6 cm³/mol. The molecule has 0 saturated heterocycles. The van der Waals surface area contributed by atoms with Gasteiger partial charge < -0.3 is 0 Å². The lowest BCUT2D eigenvalue weighted by atomic mass is 10.1. The SMILES string of the molecule is [CH2]CC(C)c1nnn[nH]1. The molecule has 1 unspecified atom stereocenters. The van der Waals surface area contributed by atoms with Gasteiger partial charge in [-0.3, -0.25) is 0 Å². The molecule has 0 bridgehead atoms. The van der Waals surface area contributed by atoms with Crippen molar-refractivity contribution in [2.24, 2.45) is 0 Å². The summed E-state index contributed by atoms with van der Waals surface area (Å²) in [4.78, 5) is 0. The molecule has 1 heterocycles. The Labute approximate surface area is 53.7 Å². The number of rotatable bonds is 2. The third kappa shape index (κ3) is 1.25. The zero-order chi connectivity index (χ0) is 6.69. The number of H-pyrrole nitrogens is 1. The highest BCUT2D eigenvalue weighted by molar-refractivity contribution is 4.87. The maximum absolute atomic E-state index is 3.73. The molecule has 49 valence electrons. The molecule has 0 aromatic carbocycles. The molecule has 4 nitrogen and oxygen atoms in total. The average Bonchev–Trinajstić information content (AvgIpc) is 2.37. The van der Waals surface area contributed by atoms with Crippen LogP contribution in [0.4, 0.5) is 0 Å². The van der Waals surface area contributed by atoms with Crippen molar-refractivity contribution < 1.29 is 0 Å². The van der Waals surface area contributed by atoms with E-state index in [1.807, 2.05) is 6.92 Å². The molecule has 0 fully saturated rings. The van der Waals surface area contributed by atoms with Gasteiger partial charge in [0.25, 0.3) is 0 Å². The molecule has 1 rings (SSSR count). The molecule has 1 aromatic heterocycles. The van der Waals surface area contributed by atoms with Crippen LogP contribution in [0.15, 0.2) is 0 Å². The first kappa shape index (κ1) is 6.19. The summed E-state index contributed by atoms with van der Waals surface area (Å²) in [6.07, 6.45) is 0.816. The van der Waals surface area contributed by atoms with E-state index in [1.165, 1.54) is 0 Å². The molecule has 9 heavy (non-hydrogen) atoms. The second-order valence-electron chi connectivity index (χ2n) is 1.98. The molecule has 0 aliphatic carbocycles. The smallest absolute Gasteiger partial charge is 0.151 e. The van der Waals surface area contributed by atoms with Crippen LogP contribution in [0.1, 0.15) is 25.1 Å². The van der Waals surface area contributed by atoms with Gasteiger partial charge in [0.1, 0.15) is 0 Å². The molecule has 0 aliphatic heterocycles. The normalized spacial score (nSPS) is 13.6. The first-order valence-electron chi connectivity index (χ1n) is 2.87. The molecule has 1 atom stereocenters. The number of nitrogens with one attached hydrogen (secondary N) is 1. The fourth-order valence-corrected chi connectivity index (χ4v) is 0.512. The monoisotopic (exact) mass is 125 g/mol. The predicted octanol–water partition coefficient (Wildman–Crippen LogP) is 0.527. The Morgan fingerprint density at radius 3 is 3.00 bits per heavy atom. The zero-order valence-electron chi connectivity index (χ0n) is 5.33. The van der Waals surface area contributed by atoms with Gasteiger partial charge in [-0.15, -0.1) is 5.10 Å². The van der Waals surface area contributed by atoms with Crippen LogP contribution in [0.25, 0.3) is 0 Å². The van der Waals surface area contributed by atoms with Crippen LogP contribution in [-0.2, 0) is 0 Å². The second kappa shape index (κ2) is 2.57. The summed E-state index contributed by atoms with van der Waals surface area (Å²) in [6, 6.07) is 0. The Kier molecular flexibility index (Phi) is 1.77. The van der Waals surface area contributed by atoms with E-state index in [1.54, 1.807) is 0 Å². The molecular formula is C5H9N4. The number of hydrogen-bond donors (Lipinski definition) is 1. The van der Waals surface area contributed by atoms with Crippen molar-refractivity contribution in [3.8, 4) is 0 Å². The van der Waals surface area contributed by atoms with Crippen molar-refractivity contribution in [2.75, 3.05) is 0 Å². The van der Waals surface area contributed by atoms with Gasteiger partial charge in [-0.25, -0.2) is 5.10 Å². The van der Waals surface area contributed by atoms with Gasteiger partial charge >= 0.3 is 0 Å². The van der Waals surface area contributed by atoms with Crippen molar-refractivity contribution in [3.05, 3.63) is 12.7 Å². The number of aromatic amines is 1. The number of tetrazole rings is 1. The van der Waals surface area contributed by atoms with E-state index < -0.39 is 0 Å². The zero-order valence-corrected chi connectivity index (χ0v) is 5.33. The highest BCUT2D eigenvalue weighted by Gasteiger charge is 2.04. The highest BCUT2D eigenvalue weighted by Crippen LogP contribution is 2.10. The summed E-state index contributed by atoms with van der Waals surface area (Å²) >= 11 is 0. The Bertz CT molecular complexity index is 157. The average molecular weight is 125 g/mol. The minimum Gasteiger partial charge on any atom is -0.243 e. The van der Waals surface area contributed by atoms with Crippen molar-refractivity contribution in [1.82, 2.24) is 20.6 Å². The van der Waals surface area contributed by atoms with Crippen molar-refractivity contribution in [2.45, 2.75) is 19.3 Å². The Balaban J connectivity index is 2.65. The molecule has 1 radical (unpaired) electrons. The van der Waals surface area contributed by atoms with E-state index in [2.05, 4.69) is 27.5 Å². The molecule has 0 spiro atoms. The van der Waals surface area contributed by atoms with Gasteiger partial charge in [-0.05, 0) is 16.8 Å². The van der Waals surface area contributed by atoms with Crippen molar-refractivity contribution in [1.29, 1.82) is 0 Å². The quantitative estimate of drug-likeness (QED) is 0.627. The number of nitrogens with zero attached hydrogens (tertiary/aromatic N) is 3. The summed E-state index contributed by atoms with van der Waals surface area (Å²) in [6.45, 7) is 5.75. The molecule has 1 aromatic rings. The fourth-order valence-electron chi connectivity index (χ4n) is 0.512. The summed E-state index contributed by atoms with van der Waals surface area (Å²) < 4.78 is 0. The van der Waals surface area contributed by atoms with Crippen LogP contribution < -0.4 is 0 Å². The van der Waals surface area contributed by atoms with Gasteiger partial charge in [0.15, 0.2) is 5.82 Å². The Hall–Kier alpha value is -0.930. The third-order valence-corrected chi connectivity index (χ3v) is 1.26. The lowest BCUT2D eigenvalue weighted by molar-refractivity contribution is 0.714. The summed E-state index contributed by atoms with van der Waals surface area (Å²) in [5, 5.41) is 13.3. The largest absolute Gasteiger partial charge is 0.243 e. The van der Waals surface area contributed by atoms with Crippen molar-refractivity contribution in [3.63, 3.8) is 0 Å². The minimum atomic E-state index is 0.333. The Morgan fingerprint density at radius 2 is 2.56 bits per heavy atom. The van der Waals surface area contributed by atoms with E-state index in [9.17, 15) is 0 Å². The molecule has 0 saturated carbocycles. The van der Waals surface area contributed by atoms with E-state index in [0.29, 0.717) is 5.92 Å². The van der Waals surface area contributed by atoms with Gasteiger partial charge in [0.2, 0.25) is 0 Å². The number of aromatic nitrogens is 4. The third-order valence-electron chi connectivity index (χ3n) is 1.26. The highest BCUT2D eigenvalue weighted by atomic mass is 15.5. The van der Waals surface area contributed by atoms with Crippen molar-refractivity contribution >= 4 is 0 Å². The second-order valence-corrected chi connectivity index (χ2v) is 1.98. The fraction of sp³-hybridized carbons (Fsp3) is 0.600. The molecule has 0 aliphatic rings. The first-order chi connectivity index (χ1) is 4.34. The van der Waals surface area contributed by atoms with Crippen LogP contribution in [0.3, 0.4) is 0 Å². The molecule has 4 heteroatoms. The summed E-state index contributed by atoms with van der Waals surface area (Å²) in [7, 11) is 0. The van der Waals surface area contributed by atoms with Crippen LogP contribution in [0.2, 0.25) is 0 Å². The van der Waals surface area contributed by atoms with Gasteiger partial charge in [0, 0.05) is 5.92 Å². The maximum atomic E-state index is 3.73. The van der Waals surface area contributed by atoms with Gasteiger partial charge in [0.05, 0.1) is 0 Å². The summed E-state index contributed by atoms with van der Waals surface area (Å²) in [5.74, 6) is 1.14. The van der Waals surface area contributed by atoms with Crippen LogP contribution in [-0.4, -0.2) is 20.6 Å². The van der Waals surface area contributed by atoms with E-state index in [4.69, 9.17) is 0 Å². The van der Waals surface area contributed by atoms with E-state index in [0.717, 1.165) is 12.2 Å². The molecular weight excluding hydrogens is 116 g/mol. The van der Waals surface area contributed by atoms with Crippen LogP contribution in [0, 0.1) is 6.92 Å². The first-order valence-corrected chi connectivity index (χ1v) is 2.87. The van der Waals surface area contributed by atoms with E-state index in [-0.39, 0.29) is 0 Å². The van der Waals surface area contributed by atoms with E-state index >= 15 is 0 Å². The lowest BCUT2D eigenvalue weighted by Gasteiger charge is -1.98. The summed E-state index contributed by atoms with van der Waals surface area (Å²) in [5.41, 5.74) is 0. The topological polar surface area (TPSA) is 54.5 Å². The van der Waals surface area contributed by atoms with Crippen LogP contribution in [0.5, 0.6) is 0 Å². The van der Waals surface area contributed by atoms with Gasteiger partial charge in [-0.2, -0.15) is 0 Å². The Morgan fingerprint density at radius 1 is 1.78 bits per heavy atom. The van der Waals surface area contributed by atoms with Crippen LogP contribution >= 0.6 is 0 Å². The maximum Gasteiger partial charge on any atom is 0.151 e.